The van der Waals surface area contributed by atoms with Crippen LogP contribution in [0.1, 0.15) is 15.9 Å². The molecule has 2 aromatic heterocycles. The summed E-state index contributed by atoms with van der Waals surface area (Å²) in [7, 11) is 0. The van der Waals surface area contributed by atoms with Crippen molar-refractivity contribution < 1.29 is 14.3 Å². The molecule has 0 bridgehead atoms. The summed E-state index contributed by atoms with van der Waals surface area (Å²) in [5, 5.41) is 6.10. The van der Waals surface area contributed by atoms with Crippen molar-refractivity contribution in [1.29, 1.82) is 0 Å². The highest BCUT2D eigenvalue weighted by molar-refractivity contribution is 7.14. The lowest BCUT2D eigenvalue weighted by atomic mass is 10.0. The maximum Gasteiger partial charge on any atom is 0.339 e. The van der Waals surface area contributed by atoms with Gasteiger partial charge in [-0.15, -0.1) is 11.3 Å². The van der Waals surface area contributed by atoms with Gasteiger partial charge in [0.2, 0.25) is 0 Å². The molecule has 0 spiro atoms. The third-order valence-corrected chi connectivity index (χ3v) is 6.61. The number of carbonyl (C=O) groups is 2. The molecular weight excluding hydrogens is 494 g/mol. The molecule has 3 aromatic carbocycles. The van der Waals surface area contributed by atoms with Gasteiger partial charge in [-0.05, 0) is 25.1 Å². The summed E-state index contributed by atoms with van der Waals surface area (Å²) in [5.41, 5.74) is 5.11. The van der Waals surface area contributed by atoms with Crippen molar-refractivity contribution in [2.24, 2.45) is 0 Å². The Labute approximate surface area is 216 Å². The first kappa shape index (κ1) is 23.7. The van der Waals surface area contributed by atoms with Gasteiger partial charge < -0.3 is 4.74 Å². The number of aryl methyl sites for hydroxylation is 1. The Hall–Kier alpha value is -4.07. The third-order valence-electron chi connectivity index (χ3n) is 5.52. The van der Waals surface area contributed by atoms with E-state index in [0.717, 1.165) is 16.7 Å². The van der Waals surface area contributed by atoms with Gasteiger partial charge in [-0.25, -0.2) is 14.8 Å². The van der Waals surface area contributed by atoms with E-state index in [1.165, 1.54) is 11.3 Å². The smallest absolute Gasteiger partial charge is 0.339 e. The van der Waals surface area contributed by atoms with Crippen molar-refractivity contribution in [2.75, 3.05) is 11.9 Å². The zero-order valence-corrected chi connectivity index (χ0v) is 20.8. The molecular formula is C28H20ClN3O3S. The molecule has 0 saturated carbocycles. The zero-order chi connectivity index (χ0) is 25.1. The maximum atomic E-state index is 13.0. The number of amides is 1. The molecule has 1 amide bonds. The number of para-hydroxylation sites is 1. The maximum absolute atomic E-state index is 13.0. The van der Waals surface area contributed by atoms with Gasteiger partial charge in [0, 0.05) is 26.9 Å². The van der Waals surface area contributed by atoms with Crippen molar-refractivity contribution >= 4 is 50.8 Å². The first-order valence-corrected chi connectivity index (χ1v) is 12.4. The Morgan fingerprint density at radius 2 is 1.69 bits per heavy atom. The van der Waals surface area contributed by atoms with Gasteiger partial charge in [-0.2, -0.15) is 0 Å². The number of thiazole rings is 1. The number of nitrogens with one attached hydrogen (secondary N) is 1. The number of fused-ring (bicyclic) bond motifs is 1. The summed E-state index contributed by atoms with van der Waals surface area (Å²) >= 11 is 7.49. The van der Waals surface area contributed by atoms with Crippen LogP contribution in [0.2, 0.25) is 5.02 Å². The van der Waals surface area contributed by atoms with E-state index < -0.39 is 18.5 Å². The minimum Gasteiger partial charge on any atom is -0.452 e. The summed E-state index contributed by atoms with van der Waals surface area (Å²) in [6.07, 6.45) is 0. The highest BCUT2D eigenvalue weighted by Crippen LogP contribution is 2.30. The van der Waals surface area contributed by atoms with Crippen LogP contribution in [0.25, 0.3) is 33.4 Å². The van der Waals surface area contributed by atoms with Crippen molar-refractivity contribution in [3.8, 4) is 22.5 Å². The van der Waals surface area contributed by atoms with Crippen LogP contribution in [-0.4, -0.2) is 28.5 Å². The number of benzene rings is 3. The Morgan fingerprint density at radius 3 is 2.50 bits per heavy atom. The lowest BCUT2D eigenvalue weighted by Gasteiger charge is -2.10. The Balaban J connectivity index is 1.31. The van der Waals surface area contributed by atoms with E-state index in [1.54, 1.807) is 17.5 Å². The topological polar surface area (TPSA) is 81.2 Å². The minimum absolute atomic E-state index is 0.347. The number of anilines is 1. The highest BCUT2D eigenvalue weighted by atomic mass is 35.5. The molecule has 178 valence electrons. The monoisotopic (exact) mass is 513 g/mol. The van der Waals surface area contributed by atoms with Crippen LogP contribution in [0, 0.1) is 6.92 Å². The van der Waals surface area contributed by atoms with Crippen molar-refractivity contribution in [3.63, 3.8) is 0 Å². The normalized spacial score (nSPS) is 10.8. The van der Waals surface area contributed by atoms with Crippen LogP contribution >= 0.6 is 22.9 Å². The number of esters is 1. The van der Waals surface area contributed by atoms with E-state index in [2.05, 4.69) is 10.3 Å². The van der Waals surface area contributed by atoms with Crippen LogP contribution in [-0.2, 0) is 9.53 Å². The highest BCUT2D eigenvalue weighted by Gasteiger charge is 2.17. The lowest BCUT2D eigenvalue weighted by molar-refractivity contribution is -0.119. The molecule has 0 aliphatic rings. The summed E-state index contributed by atoms with van der Waals surface area (Å²) in [5.74, 6) is -1.09. The van der Waals surface area contributed by atoms with E-state index in [0.29, 0.717) is 38.0 Å². The average molecular weight is 514 g/mol. The fourth-order valence-corrected chi connectivity index (χ4v) is 4.66. The van der Waals surface area contributed by atoms with Gasteiger partial charge in [0.05, 0.1) is 22.5 Å². The number of carbonyl (C=O) groups excluding carboxylic acids is 2. The van der Waals surface area contributed by atoms with Crippen molar-refractivity contribution in [3.05, 3.63) is 100 Å². The molecule has 5 rings (SSSR count). The quantitative estimate of drug-likeness (QED) is 0.253. The SMILES string of the molecule is Cc1ccc(-c2cc(C(=O)OCC(=O)Nc3nc(-c4ccccc4Cl)cs3)c3ccccc3n2)cc1. The molecule has 0 aliphatic heterocycles. The molecule has 0 saturated heterocycles. The average Bonchev–Trinajstić information content (AvgIpc) is 3.35. The molecule has 0 atom stereocenters. The minimum atomic E-state index is -0.604. The number of nitrogens with zero attached hydrogens (tertiary/aromatic N) is 2. The van der Waals surface area contributed by atoms with Gasteiger partial charge in [-0.3, -0.25) is 10.1 Å². The van der Waals surface area contributed by atoms with Gasteiger partial charge in [0.25, 0.3) is 5.91 Å². The van der Waals surface area contributed by atoms with Gasteiger partial charge in [0.15, 0.2) is 11.7 Å². The number of ether oxygens (including phenoxy) is 1. The van der Waals surface area contributed by atoms with Gasteiger partial charge in [-0.1, -0.05) is 77.8 Å². The Bertz CT molecular complexity index is 1580. The van der Waals surface area contributed by atoms with Crippen molar-refractivity contribution in [2.45, 2.75) is 6.92 Å². The van der Waals surface area contributed by atoms with Crippen LogP contribution in [0.5, 0.6) is 0 Å². The molecule has 1 N–H and O–H groups in total. The van der Waals surface area contributed by atoms with Crippen LogP contribution in [0.4, 0.5) is 5.13 Å². The molecule has 0 unspecified atom stereocenters. The molecule has 8 heteroatoms. The number of halogens is 1. The second-order valence-corrected chi connectivity index (χ2v) is 9.35. The molecule has 0 fully saturated rings. The largest absolute Gasteiger partial charge is 0.452 e. The van der Waals surface area contributed by atoms with Crippen LogP contribution < -0.4 is 5.32 Å². The number of pyridine rings is 1. The van der Waals surface area contributed by atoms with E-state index in [-0.39, 0.29) is 0 Å². The van der Waals surface area contributed by atoms with Crippen LogP contribution in [0.15, 0.2) is 84.2 Å². The number of hydrogen-bond acceptors (Lipinski definition) is 6. The summed E-state index contributed by atoms with van der Waals surface area (Å²) in [4.78, 5) is 34.6. The fraction of sp³-hybridized carbons (Fsp3) is 0.0714. The summed E-state index contributed by atoms with van der Waals surface area (Å²) in [6, 6.07) is 24.3. The first-order chi connectivity index (χ1) is 17.5. The second-order valence-electron chi connectivity index (χ2n) is 8.08. The van der Waals surface area contributed by atoms with E-state index in [9.17, 15) is 9.59 Å². The van der Waals surface area contributed by atoms with E-state index in [1.807, 2.05) is 73.7 Å². The first-order valence-electron chi connectivity index (χ1n) is 11.1. The number of aromatic nitrogens is 2. The molecule has 0 aliphatic carbocycles. The van der Waals surface area contributed by atoms with E-state index >= 15 is 0 Å². The van der Waals surface area contributed by atoms with Crippen LogP contribution in [0.3, 0.4) is 0 Å². The lowest BCUT2D eigenvalue weighted by Crippen LogP contribution is -2.21. The molecule has 5 aromatic rings. The van der Waals surface area contributed by atoms with E-state index in [4.69, 9.17) is 21.3 Å². The molecule has 36 heavy (non-hydrogen) atoms. The Kier molecular flexibility index (Phi) is 6.75. The summed E-state index contributed by atoms with van der Waals surface area (Å²) in [6.45, 7) is 1.56. The summed E-state index contributed by atoms with van der Waals surface area (Å²) < 4.78 is 5.37. The zero-order valence-electron chi connectivity index (χ0n) is 19.2. The Morgan fingerprint density at radius 1 is 0.944 bits per heavy atom. The van der Waals surface area contributed by atoms with Gasteiger partial charge >= 0.3 is 5.97 Å². The molecule has 6 nitrogen and oxygen atoms in total. The molecule has 2 heterocycles. The number of rotatable bonds is 6. The standard InChI is InChI=1S/C28H20ClN3O3S/c1-17-10-12-18(13-11-17)24-14-21(19-6-3-5-9-23(19)30-24)27(34)35-15-26(33)32-28-31-25(16-36-28)20-7-2-4-8-22(20)29/h2-14,16H,15H2,1H3,(H,31,32,33). The predicted molar refractivity (Wildman–Crippen MR) is 143 cm³/mol. The number of hydrogen-bond donors (Lipinski definition) is 1. The fourth-order valence-electron chi connectivity index (χ4n) is 3.70. The predicted octanol–water partition coefficient (Wildman–Crippen LogP) is 6.78. The third kappa shape index (κ3) is 5.12. The molecule has 0 radical (unpaired) electrons. The second kappa shape index (κ2) is 10.3. The van der Waals surface area contributed by atoms with Crippen molar-refractivity contribution in [1.82, 2.24) is 9.97 Å². The van der Waals surface area contributed by atoms with Gasteiger partial charge in [0.1, 0.15) is 0 Å².